The molecule has 0 saturated carbocycles. The maximum Gasteiger partial charge on any atom is 0.417 e. The van der Waals surface area contributed by atoms with Crippen LogP contribution in [0.1, 0.15) is 15.9 Å². The van der Waals surface area contributed by atoms with E-state index in [1.807, 2.05) is 0 Å². The summed E-state index contributed by atoms with van der Waals surface area (Å²) in [5.74, 6) is -0.742. The molecular weight excluding hydrogens is 307 g/mol. The largest absolute Gasteiger partial charge is 0.465 e. The number of benzene rings is 1. The number of alkyl halides is 3. The van der Waals surface area contributed by atoms with Crippen LogP contribution in [-0.4, -0.2) is 18.1 Å². The van der Waals surface area contributed by atoms with E-state index in [2.05, 4.69) is 9.72 Å². The highest BCUT2D eigenvalue weighted by Crippen LogP contribution is 2.39. The zero-order valence-corrected chi connectivity index (χ0v) is 11.5. The Bertz CT molecular complexity index is 686. The summed E-state index contributed by atoms with van der Waals surface area (Å²) in [4.78, 5) is 15.4. The SMILES string of the molecule is COC(=O)c1ccnc(-c2ccccc2C(F)(F)F)c1Cl. The zero-order chi connectivity index (χ0) is 15.6. The zero-order valence-electron chi connectivity index (χ0n) is 10.7. The predicted molar refractivity (Wildman–Crippen MR) is 71.0 cm³/mol. The number of methoxy groups -OCH3 is 1. The molecule has 21 heavy (non-hydrogen) atoms. The number of nitrogens with zero attached hydrogens (tertiary/aromatic N) is 1. The molecule has 0 aliphatic heterocycles. The second kappa shape index (κ2) is 5.73. The number of pyridine rings is 1. The maximum absolute atomic E-state index is 13.0. The van der Waals surface area contributed by atoms with Crippen LogP contribution in [0.25, 0.3) is 11.3 Å². The summed E-state index contributed by atoms with van der Waals surface area (Å²) in [6, 6.07) is 6.17. The number of rotatable bonds is 2. The minimum absolute atomic E-state index is 0.0406. The van der Waals surface area contributed by atoms with Gasteiger partial charge in [-0.3, -0.25) is 4.98 Å². The third-order valence-corrected chi connectivity index (χ3v) is 3.16. The van der Waals surface area contributed by atoms with Crippen molar-refractivity contribution in [3.8, 4) is 11.3 Å². The Kier molecular flexibility index (Phi) is 4.18. The normalized spacial score (nSPS) is 11.3. The Labute approximate surface area is 123 Å². The van der Waals surface area contributed by atoms with E-state index in [4.69, 9.17) is 11.6 Å². The van der Waals surface area contributed by atoms with E-state index in [9.17, 15) is 18.0 Å². The Morgan fingerprint density at radius 3 is 2.52 bits per heavy atom. The highest BCUT2D eigenvalue weighted by Gasteiger charge is 2.34. The number of ether oxygens (including phenoxy) is 1. The summed E-state index contributed by atoms with van der Waals surface area (Å²) in [6.45, 7) is 0. The molecule has 0 amide bonds. The van der Waals surface area contributed by atoms with E-state index in [-0.39, 0.29) is 21.8 Å². The van der Waals surface area contributed by atoms with Crippen molar-refractivity contribution in [3.05, 3.63) is 52.7 Å². The third kappa shape index (κ3) is 3.00. The van der Waals surface area contributed by atoms with Crippen molar-refractivity contribution in [3.63, 3.8) is 0 Å². The van der Waals surface area contributed by atoms with Gasteiger partial charge in [0.2, 0.25) is 0 Å². The Morgan fingerprint density at radius 2 is 1.90 bits per heavy atom. The minimum Gasteiger partial charge on any atom is -0.465 e. The fourth-order valence-electron chi connectivity index (χ4n) is 1.84. The summed E-state index contributed by atoms with van der Waals surface area (Å²) >= 11 is 6.01. The van der Waals surface area contributed by atoms with Crippen molar-refractivity contribution in [2.45, 2.75) is 6.18 Å². The summed E-state index contributed by atoms with van der Waals surface area (Å²) in [6.07, 6.45) is -3.34. The van der Waals surface area contributed by atoms with Crippen molar-refractivity contribution in [1.82, 2.24) is 4.98 Å². The molecule has 2 aromatic rings. The van der Waals surface area contributed by atoms with E-state index in [1.165, 1.54) is 30.5 Å². The van der Waals surface area contributed by atoms with Crippen LogP contribution in [0.15, 0.2) is 36.5 Å². The van der Waals surface area contributed by atoms with Gasteiger partial charge in [0.25, 0.3) is 0 Å². The number of aromatic nitrogens is 1. The molecule has 3 nitrogen and oxygen atoms in total. The second-order valence-electron chi connectivity index (χ2n) is 4.06. The highest BCUT2D eigenvalue weighted by molar-refractivity contribution is 6.36. The molecule has 0 unspecified atom stereocenters. The van der Waals surface area contributed by atoms with E-state index in [0.717, 1.165) is 13.2 Å². The summed E-state index contributed by atoms with van der Waals surface area (Å²) < 4.78 is 43.6. The van der Waals surface area contributed by atoms with Gasteiger partial charge in [0.05, 0.1) is 29.0 Å². The average molecular weight is 316 g/mol. The molecule has 0 saturated heterocycles. The number of carbonyl (C=O) groups is 1. The molecule has 0 radical (unpaired) electrons. The molecule has 2 rings (SSSR count). The molecule has 110 valence electrons. The first-order chi connectivity index (χ1) is 9.86. The standard InChI is InChI=1S/C14H9ClF3NO2/c1-21-13(20)9-6-7-19-12(11(9)15)8-4-2-3-5-10(8)14(16,17)18/h2-7H,1H3. The van der Waals surface area contributed by atoms with E-state index < -0.39 is 17.7 Å². The smallest absolute Gasteiger partial charge is 0.417 e. The summed E-state index contributed by atoms with van der Waals surface area (Å²) in [5.41, 5.74) is -1.23. The van der Waals surface area contributed by atoms with Crippen LogP contribution in [0.2, 0.25) is 5.02 Å². The first-order valence-corrected chi connectivity index (χ1v) is 6.13. The van der Waals surface area contributed by atoms with Crippen LogP contribution < -0.4 is 0 Å². The molecule has 0 N–H and O–H groups in total. The van der Waals surface area contributed by atoms with Gasteiger partial charge in [0.1, 0.15) is 0 Å². The monoisotopic (exact) mass is 315 g/mol. The van der Waals surface area contributed by atoms with Crippen LogP contribution >= 0.6 is 11.6 Å². The molecule has 0 fully saturated rings. The van der Waals surface area contributed by atoms with Gasteiger partial charge in [0.15, 0.2) is 0 Å². The number of esters is 1. The van der Waals surface area contributed by atoms with Crippen molar-refractivity contribution in [2.24, 2.45) is 0 Å². The molecule has 0 spiro atoms. The number of hydrogen-bond donors (Lipinski definition) is 0. The van der Waals surface area contributed by atoms with E-state index >= 15 is 0 Å². The van der Waals surface area contributed by atoms with Gasteiger partial charge in [-0.05, 0) is 12.1 Å². The van der Waals surface area contributed by atoms with Crippen molar-refractivity contribution in [2.75, 3.05) is 7.11 Å². The number of carbonyl (C=O) groups excluding carboxylic acids is 1. The molecular formula is C14H9ClF3NO2. The van der Waals surface area contributed by atoms with Gasteiger partial charge in [-0.15, -0.1) is 0 Å². The summed E-state index contributed by atoms with van der Waals surface area (Å²) in [5, 5.41) is -0.180. The van der Waals surface area contributed by atoms with Crippen LogP contribution in [0, 0.1) is 0 Å². The van der Waals surface area contributed by atoms with Crippen LogP contribution in [0.4, 0.5) is 13.2 Å². The van der Waals surface area contributed by atoms with Crippen LogP contribution in [0.5, 0.6) is 0 Å². The lowest BCUT2D eigenvalue weighted by Gasteiger charge is -2.14. The maximum atomic E-state index is 13.0. The lowest BCUT2D eigenvalue weighted by molar-refractivity contribution is -0.137. The van der Waals surface area contributed by atoms with E-state index in [1.54, 1.807) is 0 Å². The molecule has 0 atom stereocenters. The minimum atomic E-state index is -4.55. The first kappa shape index (κ1) is 15.3. The van der Waals surface area contributed by atoms with Gasteiger partial charge in [-0.25, -0.2) is 4.79 Å². The van der Waals surface area contributed by atoms with Gasteiger partial charge >= 0.3 is 12.1 Å². The molecule has 0 bridgehead atoms. The van der Waals surface area contributed by atoms with Gasteiger partial charge in [-0.2, -0.15) is 13.2 Å². The van der Waals surface area contributed by atoms with Crippen molar-refractivity contribution < 1.29 is 22.7 Å². The van der Waals surface area contributed by atoms with Crippen LogP contribution in [0.3, 0.4) is 0 Å². The topological polar surface area (TPSA) is 39.2 Å². The first-order valence-electron chi connectivity index (χ1n) is 5.75. The van der Waals surface area contributed by atoms with E-state index in [0.29, 0.717) is 0 Å². The van der Waals surface area contributed by atoms with Gasteiger partial charge in [0, 0.05) is 11.8 Å². The molecule has 1 aromatic heterocycles. The fourth-order valence-corrected chi connectivity index (χ4v) is 2.13. The van der Waals surface area contributed by atoms with Crippen molar-refractivity contribution in [1.29, 1.82) is 0 Å². The third-order valence-electron chi connectivity index (χ3n) is 2.78. The molecule has 0 aliphatic carbocycles. The molecule has 0 aliphatic rings. The van der Waals surface area contributed by atoms with Gasteiger partial charge in [-0.1, -0.05) is 29.8 Å². The lowest BCUT2D eigenvalue weighted by atomic mass is 10.0. The van der Waals surface area contributed by atoms with Gasteiger partial charge < -0.3 is 4.74 Å². The second-order valence-corrected chi connectivity index (χ2v) is 4.43. The fraction of sp³-hybridized carbons (Fsp3) is 0.143. The Balaban J connectivity index is 2.67. The average Bonchev–Trinajstić information content (AvgIpc) is 2.46. The summed E-state index contributed by atoms with van der Waals surface area (Å²) in [7, 11) is 1.16. The van der Waals surface area contributed by atoms with Crippen LogP contribution in [-0.2, 0) is 10.9 Å². The number of halogens is 4. The Morgan fingerprint density at radius 1 is 1.24 bits per heavy atom. The number of hydrogen-bond acceptors (Lipinski definition) is 3. The highest BCUT2D eigenvalue weighted by atomic mass is 35.5. The predicted octanol–water partition coefficient (Wildman–Crippen LogP) is 4.21. The quantitative estimate of drug-likeness (QED) is 0.779. The van der Waals surface area contributed by atoms with Crippen molar-refractivity contribution >= 4 is 17.6 Å². The molecule has 1 aromatic carbocycles. The molecule has 7 heteroatoms. The Hall–Kier alpha value is -2.08. The lowest BCUT2D eigenvalue weighted by Crippen LogP contribution is -2.09. The molecule has 1 heterocycles.